The summed E-state index contributed by atoms with van der Waals surface area (Å²) in [5.74, 6) is -0.595. The second-order valence-corrected chi connectivity index (χ2v) is 6.95. The number of ether oxygens (including phenoxy) is 1. The van der Waals surface area contributed by atoms with Gasteiger partial charge in [0.2, 0.25) is 0 Å². The highest BCUT2D eigenvalue weighted by molar-refractivity contribution is 9.10. The third-order valence-corrected chi connectivity index (χ3v) is 4.45. The highest BCUT2D eigenvalue weighted by atomic mass is 79.9. The topological polar surface area (TPSA) is 76.4 Å². The number of amides is 1. The van der Waals surface area contributed by atoms with Gasteiger partial charge in [-0.3, -0.25) is 10.00 Å². The largest absolute Gasteiger partial charge is 0.488 e. The molecular formula is C19H16BrF2N3O3. The fourth-order valence-corrected chi connectivity index (χ4v) is 3.02. The molecule has 2 aromatic carbocycles. The average molecular weight is 452 g/mol. The molecule has 0 radical (unpaired) electrons. The molecule has 1 aromatic heterocycles. The van der Waals surface area contributed by atoms with Gasteiger partial charge >= 0.3 is 6.09 Å². The summed E-state index contributed by atoms with van der Waals surface area (Å²) in [4.78, 5) is 10.8. The predicted molar refractivity (Wildman–Crippen MR) is 103 cm³/mol. The molecule has 9 heteroatoms. The van der Waals surface area contributed by atoms with Crippen molar-refractivity contribution in [2.45, 2.75) is 20.1 Å². The number of anilines is 1. The predicted octanol–water partition coefficient (Wildman–Crippen LogP) is 4.95. The van der Waals surface area contributed by atoms with Gasteiger partial charge in [-0.15, -0.1) is 0 Å². The summed E-state index contributed by atoms with van der Waals surface area (Å²) < 4.78 is 35.1. The molecule has 0 spiro atoms. The second kappa shape index (κ2) is 8.39. The van der Waals surface area contributed by atoms with Crippen LogP contribution in [-0.2, 0) is 13.2 Å². The van der Waals surface area contributed by atoms with Crippen LogP contribution in [0.15, 0.2) is 46.9 Å². The number of carbonyl (C=O) groups is 1. The van der Waals surface area contributed by atoms with Gasteiger partial charge in [0.15, 0.2) is 5.82 Å². The summed E-state index contributed by atoms with van der Waals surface area (Å²) in [7, 11) is 0. The molecule has 0 fully saturated rings. The van der Waals surface area contributed by atoms with Crippen molar-refractivity contribution in [2.24, 2.45) is 0 Å². The number of hydrogen-bond acceptors (Lipinski definition) is 3. The normalized spacial score (nSPS) is 10.7. The maximum Gasteiger partial charge on any atom is 0.410 e. The third kappa shape index (κ3) is 4.86. The monoisotopic (exact) mass is 451 g/mol. The Morgan fingerprint density at radius 3 is 2.71 bits per heavy atom. The van der Waals surface area contributed by atoms with Crippen molar-refractivity contribution in [3.05, 3.63) is 75.4 Å². The highest BCUT2D eigenvalue weighted by Crippen LogP contribution is 2.26. The van der Waals surface area contributed by atoms with Crippen molar-refractivity contribution in [2.75, 3.05) is 5.32 Å². The molecule has 6 nitrogen and oxygen atoms in total. The van der Waals surface area contributed by atoms with Crippen LogP contribution >= 0.6 is 15.9 Å². The first-order chi connectivity index (χ1) is 13.3. The van der Waals surface area contributed by atoms with Crippen LogP contribution in [0.25, 0.3) is 0 Å². The molecule has 3 rings (SSSR count). The number of benzene rings is 2. The molecule has 0 aliphatic rings. The van der Waals surface area contributed by atoms with Crippen molar-refractivity contribution in [1.29, 1.82) is 0 Å². The lowest BCUT2D eigenvalue weighted by Gasteiger charge is -2.13. The lowest BCUT2D eigenvalue weighted by Crippen LogP contribution is -2.10. The minimum atomic E-state index is -1.20. The van der Waals surface area contributed by atoms with Gasteiger partial charge in [0.1, 0.15) is 24.0 Å². The average Bonchev–Trinajstić information content (AvgIpc) is 2.94. The zero-order valence-corrected chi connectivity index (χ0v) is 16.3. The molecule has 146 valence electrons. The van der Waals surface area contributed by atoms with E-state index < -0.39 is 17.7 Å². The molecule has 0 bridgehead atoms. The minimum Gasteiger partial charge on any atom is -0.488 e. The Morgan fingerprint density at radius 1 is 1.21 bits per heavy atom. The Hall–Kier alpha value is -2.94. The van der Waals surface area contributed by atoms with Gasteiger partial charge in [-0.2, -0.15) is 5.10 Å². The zero-order valence-electron chi connectivity index (χ0n) is 14.7. The van der Waals surface area contributed by atoms with Crippen molar-refractivity contribution >= 4 is 27.8 Å². The van der Waals surface area contributed by atoms with Crippen LogP contribution in [0.2, 0.25) is 0 Å². The van der Waals surface area contributed by atoms with Gasteiger partial charge < -0.3 is 9.84 Å². The SMILES string of the molecule is Cc1cc(NC(=O)O)nn1Cc1cc(Br)ccc1OCc1ccc(F)cc1F. The van der Waals surface area contributed by atoms with E-state index in [0.717, 1.165) is 21.8 Å². The Balaban J connectivity index is 1.81. The molecule has 0 saturated carbocycles. The van der Waals surface area contributed by atoms with Crippen molar-refractivity contribution in [3.8, 4) is 5.75 Å². The zero-order chi connectivity index (χ0) is 20.3. The lowest BCUT2D eigenvalue weighted by atomic mass is 10.2. The number of carboxylic acid groups (broad SMARTS) is 1. The molecular weight excluding hydrogens is 436 g/mol. The maximum atomic E-state index is 13.8. The van der Waals surface area contributed by atoms with Gasteiger partial charge in [0.05, 0.1) is 6.54 Å². The number of nitrogens with zero attached hydrogens (tertiary/aromatic N) is 2. The number of aryl methyl sites for hydroxylation is 1. The first kappa shape index (κ1) is 19.8. The van der Waals surface area contributed by atoms with E-state index in [2.05, 4.69) is 26.3 Å². The summed E-state index contributed by atoms with van der Waals surface area (Å²) in [5, 5.41) is 15.2. The van der Waals surface area contributed by atoms with Crippen LogP contribution in [0.3, 0.4) is 0 Å². The van der Waals surface area contributed by atoms with Crippen LogP contribution < -0.4 is 10.1 Å². The maximum absolute atomic E-state index is 13.8. The molecule has 2 N–H and O–H groups in total. The number of rotatable bonds is 6. The van der Waals surface area contributed by atoms with E-state index in [-0.39, 0.29) is 18.0 Å². The van der Waals surface area contributed by atoms with Crippen molar-refractivity contribution in [1.82, 2.24) is 9.78 Å². The van der Waals surface area contributed by atoms with Crippen LogP contribution in [0, 0.1) is 18.6 Å². The quantitative estimate of drug-likeness (QED) is 0.555. The smallest absolute Gasteiger partial charge is 0.410 e. The Labute approximate surface area is 167 Å². The van der Waals surface area contributed by atoms with E-state index in [1.54, 1.807) is 29.8 Å². The van der Waals surface area contributed by atoms with Gasteiger partial charge in [-0.25, -0.2) is 13.6 Å². The van der Waals surface area contributed by atoms with Crippen LogP contribution in [0.5, 0.6) is 5.75 Å². The third-order valence-electron chi connectivity index (χ3n) is 3.96. The van der Waals surface area contributed by atoms with Gasteiger partial charge in [-0.1, -0.05) is 15.9 Å². The summed E-state index contributed by atoms with van der Waals surface area (Å²) in [5.41, 5.74) is 1.74. The molecule has 0 unspecified atom stereocenters. The summed E-state index contributed by atoms with van der Waals surface area (Å²) in [6, 6.07) is 10.3. The van der Waals surface area contributed by atoms with E-state index in [9.17, 15) is 13.6 Å². The minimum absolute atomic E-state index is 0.0648. The highest BCUT2D eigenvalue weighted by Gasteiger charge is 2.12. The molecule has 1 heterocycles. The number of hydrogen-bond donors (Lipinski definition) is 2. The number of nitrogens with one attached hydrogen (secondary N) is 1. The van der Waals surface area contributed by atoms with Crippen molar-refractivity contribution < 1.29 is 23.4 Å². The van der Waals surface area contributed by atoms with Gasteiger partial charge in [-0.05, 0) is 37.3 Å². The van der Waals surface area contributed by atoms with Crippen LogP contribution in [0.4, 0.5) is 19.4 Å². The number of halogens is 3. The summed E-state index contributed by atoms with van der Waals surface area (Å²) in [6.07, 6.45) is -1.20. The Bertz CT molecular complexity index is 1020. The molecule has 0 aliphatic heterocycles. The standard InChI is InChI=1S/C19H16BrF2N3O3/c1-11-6-18(23-19(26)27)24-25(11)9-13-7-14(20)3-5-17(13)28-10-12-2-4-15(21)8-16(12)22/h2-8H,9-10H2,1H3,(H,23,24)(H,26,27). The fraction of sp³-hybridized carbons (Fsp3) is 0.158. The summed E-state index contributed by atoms with van der Waals surface area (Å²) in [6.45, 7) is 2.05. The second-order valence-electron chi connectivity index (χ2n) is 6.04. The fourth-order valence-electron chi connectivity index (χ4n) is 2.61. The first-order valence-corrected chi connectivity index (χ1v) is 9.00. The first-order valence-electron chi connectivity index (χ1n) is 8.21. The molecule has 28 heavy (non-hydrogen) atoms. The molecule has 0 aliphatic carbocycles. The van der Waals surface area contributed by atoms with Crippen LogP contribution in [-0.4, -0.2) is 21.0 Å². The number of aromatic nitrogens is 2. The molecule has 0 atom stereocenters. The van der Waals surface area contributed by atoms with E-state index in [0.29, 0.717) is 12.3 Å². The Kier molecular flexibility index (Phi) is 5.93. The van der Waals surface area contributed by atoms with Gasteiger partial charge in [0.25, 0.3) is 0 Å². The molecule has 1 amide bonds. The molecule has 0 saturated heterocycles. The van der Waals surface area contributed by atoms with E-state index in [1.807, 2.05) is 6.07 Å². The van der Waals surface area contributed by atoms with E-state index in [1.165, 1.54) is 12.1 Å². The Morgan fingerprint density at radius 2 is 2.00 bits per heavy atom. The summed E-state index contributed by atoms with van der Waals surface area (Å²) >= 11 is 3.40. The van der Waals surface area contributed by atoms with Gasteiger partial charge in [0, 0.05) is 33.4 Å². The molecule has 3 aromatic rings. The van der Waals surface area contributed by atoms with Crippen molar-refractivity contribution in [3.63, 3.8) is 0 Å². The van der Waals surface area contributed by atoms with E-state index >= 15 is 0 Å². The van der Waals surface area contributed by atoms with Crippen LogP contribution in [0.1, 0.15) is 16.8 Å². The lowest BCUT2D eigenvalue weighted by molar-refractivity contribution is 0.209. The van der Waals surface area contributed by atoms with E-state index in [4.69, 9.17) is 9.84 Å².